The molecule has 0 saturated heterocycles. The van der Waals surface area contributed by atoms with Crippen LogP contribution in [-0.4, -0.2) is 29.3 Å². The van der Waals surface area contributed by atoms with Gasteiger partial charge in [-0.25, -0.2) is 0 Å². The van der Waals surface area contributed by atoms with Gasteiger partial charge in [0.05, 0.1) is 29.9 Å². The van der Waals surface area contributed by atoms with E-state index < -0.39 is 0 Å². The fourth-order valence-electron chi connectivity index (χ4n) is 1.97. The van der Waals surface area contributed by atoms with E-state index in [1.54, 1.807) is 0 Å². The molecule has 2 rings (SSSR count). The number of aromatic nitrogens is 1. The summed E-state index contributed by atoms with van der Waals surface area (Å²) < 4.78 is 0. The molecule has 4 nitrogen and oxygen atoms in total. The second-order valence-electron chi connectivity index (χ2n) is 4.36. The highest BCUT2D eigenvalue weighted by atomic mass is 16.3. The predicted octanol–water partition coefficient (Wildman–Crippen LogP) is 1.70. The van der Waals surface area contributed by atoms with Crippen molar-refractivity contribution in [3.63, 3.8) is 0 Å². The van der Waals surface area contributed by atoms with Gasteiger partial charge in [-0.05, 0) is 31.7 Å². The van der Waals surface area contributed by atoms with Crippen molar-refractivity contribution in [2.45, 2.75) is 25.9 Å². The summed E-state index contributed by atoms with van der Waals surface area (Å²) in [4.78, 5) is 4.17. The lowest BCUT2D eigenvalue weighted by Crippen LogP contribution is -2.33. The van der Waals surface area contributed by atoms with Crippen LogP contribution in [-0.2, 0) is 0 Å². The summed E-state index contributed by atoms with van der Waals surface area (Å²) in [6.07, 6.45) is 5.43. The van der Waals surface area contributed by atoms with E-state index in [0.29, 0.717) is 5.92 Å². The molecule has 88 valence electrons. The number of pyridine rings is 1. The molecular weight excluding hydrogens is 202 g/mol. The number of anilines is 2. The molecule has 0 atom stereocenters. The molecule has 3 N–H and O–H groups in total. The first-order chi connectivity index (χ1) is 7.78. The summed E-state index contributed by atoms with van der Waals surface area (Å²) in [6, 6.07) is 2.06. The smallest absolute Gasteiger partial charge is 0.0547 e. The van der Waals surface area contributed by atoms with Crippen LogP contribution < -0.4 is 10.6 Å². The maximum Gasteiger partial charge on any atom is 0.0547 e. The Balaban J connectivity index is 1.81. The molecule has 1 fully saturated rings. The molecule has 1 heterocycles. The van der Waals surface area contributed by atoms with E-state index in [0.717, 1.165) is 37.3 Å². The van der Waals surface area contributed by atoms with Gasteiger partial charge in [-0.3, -0.25) is 4.98 Å². The molecule has 1 saturated carbocycles. The predicted molar refractivity (Wildman–Crippen MR) is 65.6 cm³/mol. The Morgan fingerprint density at radius 1 is 1.31 bits per heavy atom. The van der Waals surface area contributed by atoms with Crippen molar-refractivity contribution >= 4 is 11.4 Å². The molecule has 16 heavy (non-hydrogen) atoms. The van der Waals surface area contributed by atoms with E-state index in [1.807, 2.05) is 12.4 Å². The van der Waals surface area contributed by atoms with Crippen LogP contribution in [0.3, 0.4) is 0 Å². The molecule has 0 aromatic carbocycles. The zero-order chi connectivity index (χ0) is 11.4. The van der Waals surface area contributed by atoms with Crippen molar-refractivity contribution in [2.24, 2.45) is 5.92 Å². The Kier molecular flexibility index (Phi) is 3.62. The molecule has 0 amide bonds. The zero-order valence-electron chi connectivity index (χ0n) is 9.61. The topological polar surface area (TPSA) is 57.2 Å². The van der Waals surface area contributed by atoms with Crippen LogP contribution in [0.1, 0.15) is 19.8 Å². The molecule has 0 radical (unpaired) electrons. The highest BCUT2D eigenvalue weighted by molar-refractivity contribution is 5.53. The third-order valence-corrected chi connectivity index (χ3v) is 2.92. The standard InChI is InChI=1S/C12H19N3O/c1-2-14-10-5-11(8-13-7-10)15-6-9-3-12(16)4-9/h5,7-9,12,14-16H,2-4,6H2,1H3. The largest absolute Gasteiger partial charge is 0.393 e. The van der Waals surface area contributed by atoms with Crippen LogP contribution in [0.25, 0.3) is 0 Å². The molecule has 0 aliphatic heterocycles. The summed E-state index contributed by atoms with van der Waals surface area (Å²) >= 11 is 0. The van der Waals surface area contributed by atoms with Gasteiger partial charge >= 0.3 is 0 Å². The fourth-order valence-corrected chi connectivity index (χ4v) is 1.97. The Bertz CT molecular complexity index is 337. The lowest BCUT2D eigenvalue weighted by atomic mass is 9.82. The van der Waals surface area contributed by atoms with Gasteiger partial charge in [0.1, 0.15) is 0 Å². The summed E-state index contributed by atoms with van der Waals surface area (Å²) in [5.41, 5.74) is 2.08. The van der Waals surface area contributed by atoms with Gasteiger partial charge in [0.15, 0.2) is 0 Å². The fraction of sp³-hybridized carbons (Fsp3) is 0.583. The lowest BCUT2D eigenvalue weighted by molar-refractivity contribution is 0.0487. The summed E-state index contributed by atoms with van der Waals surface area (Å²) in [5.74, 6) is 0.609. The quantitative estimate of drug-likeness (QED) is 0.708. The maximum atomic E-state index is 9.18. The molecule has 0 bridgehead atoms. The first kappa shape index (κ1) is 11.2. The van der Waals surface area contributed by atoms with Crippen LogP contribution in [0, 0.1) is 5.92 Å². The molecular formula is C12H19N3O. The number of aliphatic hydroxyl groups excluding tert-OH is 1. The number of hydrogen-bond acceptors (Lipinski definition) is 4. The van der Waals surface area contributed by atoms with E-state index >= 15 is 0 Å². The van der Waals surface area contributed by atoms with Crippen LogP contribution >= 0.6 is 0 Å². The number of hydrogen-bond donors (Lipinski definition) is 3. The molecule has 0 unspecified atom stereocenters. The van der Waals surface area contributed by atoms with Crippen molar-refractivity contribution < 1.29 is 5.11 Å². The number of aliphatic hydroxyl groups is 1. The highest BCUT2D eigenvalue weighted by Crippen LogP contribution is 2.27. The normalized spacial score (nSPS) is 23.6. The second kappa shape index (κ2) is 5.16. The summed E-state index contributed by atoms with van der Waals surface area (Å²) in [6.45, 7) is 3.89. The van der Waals surface area contributed by atoms with Gasteiger partial charge in [0.25, 0.3) is 0 Å². The van der Waals surface area contributed by atoms with E-state index in [4.69, 9.17) is 0 Å². The van der Waals surface area contributed by atoms with E-state index in [9.17, 15) is 5.11 Å². The Hall–Kier alpha value is -1.29. The Morgan fingerprint density at radius 3 is 2.62 bits per heavy atom. The van der Waals surface area contributed by atoms with Crippen LogP contribution in [0.4, 0.5) is 11.4 Å². The zero-order valence-corrected chi connectivity index (χ0v) is 9.61. The third-order valence-electron chi connectivity index (χ3n) is 2.92. The molecule has 4 heteroatoms. The average molecular weight is 221 g/mol. The second-order valence-corrected chi connectivity index (χ2v) is 4.36. The minimum absolute atomic E-state index is 0.0713. The monoisotopic (exact) mass is 221 g/mol. The third kappa shape index (κ3) is 2.85. The van der Waals surface area contributed by atoms with Gasteiger partial charge in [0.2, 0.25) is 0 Å². The summed E-state index contributed by atoms with van der Waals surface area (Å²) in [7, 11) is 0. The van der Waals surface area contributed by atoms with E-state index in [2.05, 4.69) is 28.6 Å². The molecule has 1 aliphatic carbocycles. The molecule has 0 spiro atoms. The van der Waals surface area contributed by atoms with Crippen molar-refractivity contribution in [2.75, 3.05) is 23.7 Å². The molecule has 1 aromatic rings. The van der Waals surface area contributed by atoms with Gasteiger partial charge in [-0.2, -0.15) is 0 Å². The summed E-state index contributed by atoms with van der Waals surface area (Å²) in [5, 5.41) is 15.8. The van der Waals surface area contributed by atoms with Gasteiger partial charge < -0.3 is 15.7 Å². The number of nitrogens with zero attached hydrogens (tertiary/aromatic N) is 1. The van der Waals surface area contributed by atoms with Crippen molar-refractivity contribution in [1.29, 1.82) is 0 Å². The van der Waals surface area contributed by atoms with Crippen molar-refractivity contribution in [1.82, 2.24) is 4.98 Å². The van der Waals surface area contributed by atoms with Crippen LogP contribution in [0.15, 0.2) is 18.5 Å². The maximum absolute atomic E-state index is 9.18. The van der Waals surface area contributed by atoms with Gasteiger partial charge in [-0.15, -0.1) is 0 Å². The SMILES string of the molecule is CCNc1cncc(NCC2CC(O)C2)c1. The Morgan fingerprint density at radius 2 is 2.00 bits per heavy atom. The number of nitrogens with one attached hydrogen (secondary N) is 2. The first-order valence-electron chi connectivity index (χ1n) is 5.88. The average Bonchev–Trinajstić information content (AvgIpc) is 2.24. The van der Waals surface area contributed by atoms with Crippen molar-refractivity contribution in [3.8, 4) is 0 Å². The number of rotatable bonds is 5. The molecule has 1 aliphatic rings. The van der Waals surface area contributed by atoms with Crippen LogP contribution in [0.5, 0.6) is 0 Å². The van der Waals surface area contributed by atoms with Gasteiger partial charge in [-0.1, -0.05) is 0 Å². The van der Waals surface area contributed by atoms with Crippen LogP contribution in [0.2, 0.25) is 0 Å². The van der Waals surface area contributed by atoms with E-state index in [1.165, 1.54) is 0 Å². The first-order valence-corrected chi connectivity index (χ1v) is 5.88. The Labute approximate surface area is 96.1 Å². The molecule has 1 aromatic heterocycles. The lowest BCUT2D eigenvalue weighted by Gasteiger charge is -2.31. The highest BCUT2D eigenvalue weighted by Gasteiger charge is 2.26. The van der Waals surface area contributed by atoms with Gasteiger partial charge in [0, 0.05) is 13.1 Å². The van der Waals surface area contributed by atoms with E-state index in [-0.39, 0.29) is 6.10 Å². The minimum Gasteiger partial charge on any atom is -0.393 e. The minimum atomic E-state index is -0.0713. The van der Waals surface area contributed by atoms with Crippen molar-refractivity contribution in [3.05, 3.63) is 18.5 Å².